The number of benzene rings is 1. The summed E-state index contributed by atoms with van der Waals surface area (Å²) in [4.78, 5) is 17.2. The molecule has 0 aliphatic carbocycles. The Morgan fingerprint density at radius 3 is 2.80 bits per heavy atom. The molecule has 0 aliphatic heterocycles. The van der Waals surface area contributed by atoms with Crippen molar-refractivity contribution < 1.29 is 0 Å². The van der Waals surface area contributed by atoms with Crippen LogP contribution >= 0.6 is 15.9 Å². The van der Waals surface area contributed by atoms with Crippen molar-refractivity contribution in [3.63, 3.8) is 0 Å². The number of nitrogens with one attached hydrogen (secondary N) is 1. The lowest BCUT2D eigenvalue weighted by Gasteiger charge is -2.06. The molecule has 1 heterocycles. The number of H-pyrrole nitrogens is 1. The molecule has 1 aromatic carbocycles. The molecule has 0 fully saturated rings. The van der Waals surface area contributed by atoms with Crippen LogP contribution in [0.25, 0.3) is 11.3 Å². The number of halogens is 1. The second-order valence-electron chi connectivity index (χ2n) is 3.00. The highest BCUT2D eigenvalue weighted by atomic mass is 79.9. The lowest BCUT2D eigenvalue weighted by molar-refractivity contribution is 1.08. The summed E-state index contributed by atoms with van der Waals surface area (Å²) in [6, 6.07) is 7.51. The molecule has 0 atom stereocenters. The van der Waals surface area contributed by atoms with Gasteiger partial charge in [0.1, 0.15) is 0 Å². The molecule has 1 aromatic heterocycles. The lowest BCUT2D eigenvalue weighted by atomic mass is 10.1. The SMILES string of the molecule is Nc1cnc(=O)[nH]c1-c1ccccc1Br. The van der Waals surface area contributed by atoms with Gasteiger partial charge >= 0.3 is 5.69 Å². The number of hydrogen-bond acceptors (Lipinski definition) is 3. The smallest absolute Gasteiger partial charge is 0.345 e. The number of rotatable bonds is 1. The highest BCUT2D eigenvalue weighted by molar-refractivity contribution is 9.10. The first kappa shape index (κ1) is 9.92. The van der Waals surface area contributed by atoms with Crippen molar-refractivity contribution in [3.8, 4) is 11.3 Å². The summed E-state index contributed by atoms with van der Waals surface area (Å²) in [5, 5.41) is 0. The highest BCUT2D eigenvalue weighted by Gasteiger charge is 2.06. The maximum absolute atomic E-state index is 11.1. The van der Waals surface area contributed by atoms with E-state index >= 15 is 0 Å². The van der Waals surface area contributed by atoms with Gasteiger partial charge in [-0.25, -0.2) is 4.79 Å². The minimum absolute atomic E-state index is 0.407. The third kappa shape index (κ3) is 1.92. The third-order valence-electron chi connectivity index (χ3n) is 1.98. The van der Waals surface area contributed by atoms with Gasteiger partial charge in [-0.2, -0.15) is 4.98 Å². The molecule has 4 nitrogen and oxygen atoms in total. The standard InChI is InChI=1S/C10H8BrN3O/c11-7-4-2-1-3-6(7)9-8(12)5-13-10(15)14-9/h1-5H,12H2,(H,13,14,15). The Kier molecular flexibility index (Phi) is 2.55. The molecule has 3 N–H and O–H groups in total. The van der Waals surface area contributed by atoms with Crippen molar-refractivity contribution in [2.24, 2.45) is 0 Å². The van der Waals surface area contributed by atoms with Crippen molar-refractivity contribution >= 4 is 21.6 Å². The minimum Gasteiger partial charge on any atom is -0.396 e. The number of aromatic nitrogens is 2. The first-order chi connectivity index (χ1) is 7.18. The van der Waals surface area contributed by atoms with Crippen molar-refractivity contribution in [3.05, 3.63) is 45.4 Å². The Balaban J connectivity index is 2.69. The summed E-state index contributed by atoms with van der Waals surface area (Å²) in [5.74, 6) is 0. The Hall–Kier alpha value is -1.62. The van der Waals surface area contributed by atoms with Crippen LogP contribution in [-0.4, -0.2) is 9.97 Å². The summed E-state index contributed by atoms with van der Waals surface area (Å²) in [5.41, 5.74) is 7.20. The zero-order chi connectivity index (χ0) is 10.8. The zero-order valence-electron chi connectivity index (χ0n) is 7.70. The monoisotopic (exact) mass is 265 g/mol. The second kappa shape index (κ2) is 3.86. The largest absolute Gasteiger partial charge is 0.396 e. The molecular formula is C10H8BrN3O. The van der Waals surface area contributed by atoms with Gasteiger partial charge in [0.25, 0.3) is 0 Å². The van der Waals surface area contributed by atoms with E-state index in [0.717, 1.165) is 10.0 Å². The molecule has 0 unspecified atom stereocenters. The fraction of sp³-hybridized carbons (Fsp3) is 0. The molecule has 0 bridgehead atoms. The number of nitrogen functional groups attached to an aromatic ring is 1. The van der Waals surface area contributed by atoms with Crippen LogP contribution in [0, 0.1) is 0 Å². The number of anilines is 1. The van der Waals surface area contributed by atoms with Gasteiger partial charge in [0.2, 0.25) is 0 Å². The average Bonchev–Trinajstić information content (AvgIpc) is 2.23. The van der Waals surface area contributed by atoms with E-state index in [1.54, 1.807) is 0 Å². The summed E-state index contributed by atoms with van der Waals surface area (Å²) >= 11 is 3.39. The maximum Gasteiger partial charge on any atom is 0.345 e. The van der Waals surface area contributed by atoms with Gasteiger partial charge in [-0.1, -0.05) is 34.1 Å². The van der Waals surface area contributed by atoms with Crippen molar-refractivity contribution in [2.75, 3.05) is 5.73 Å². The number of aromatic amines is 1. The number of hydrogen-bond donors (Lipinski definition) is 2. The van der Waals surface area contributed by atoms with Gasteiger partial charge in [0, 0.05) is 10.0 Å². The fourth-order valence-electron chi connectivity index (χ4n) is 1.29. The molecule has 2 rings (SSSR count). The van der Waals surface area contributed by atoms with E-state index in [-0.39, 0.29) is 0 Å². The molecule has 0 spiro atoms. The van der Waals surface area contributed by atoms with Crippen LogP contribution in [0.2, 0.25) is 0 Å². The van der Waals surface area contributed by atoms with E-state index in [0.29, 0.717) is 11.4 Å². The molecule has 0 saturated heterocycles. The van der Waals surface area contributed by atoms with E-state index in [2.05, 4.69) is 25.9 Å². The van der Waals surface area contributed by atoms with Crippen LogP contribution in [0.1, 0.15) is 0 Å². The number of nitrogens with zero attached hydrogens (tertiary/aromatic N) is 1. The van der Waals surface area contributed by atoms with E-state index in [9.17, 15) is 4.79 Å². The molecule has 2 aromatic rings. The normalized spacial score (nSPS) is 10.2. The number of nitrogens with two attached hydrogens (primary N) is 1. The maximum atomic E-state index is 11.1. The minimum atomic E-state index is -0.407. The zero-order valence-corrected chi connectivity index (χ0v) is 9.28. The molecule has 0 radical (unpaired) electrons. The average molecular weight is 266 g/mol. The quantitative estimate of drug-likeness (QED) is 0.826. The predicted octanol–water partition coefficient (Wildman–Crippen LogP) is 1.78. The Morgan fingerprint density at radius 1 is 1.33 bits per heavy atom. The molecular weight excluding hydrogens is 258 g/mol. The molecule has 15 heavy (non-hydrogen) atoms. The van der Waals surface area contributed by atoms with Crippen molar-refractivity contribution in [1.82, 2.24) is 9.97 Å². The van der Waals surface area contributed by atoms with Crippen LogP contribution < -0.4 is 11.4 Å². The highest BCUT2D eigenvalue weighted by Crippen LogP contribution is 2.28. The Morgan fingerprint density at radius 2 is 2.07 bits per heavy atom. The first-order valence-corrected chi connectivity index (χ1v) is 5.07. The second-order valence-corrected chi connectivity index (χ2v) is 3.85. The van der Waals surface area contributed by atoms with E-state index in [1.165, 1.54) is 6.20 Å². The molecule has 76 valence electrons. The van der Waals surface area contributed by atoms with E-state index < -0.39 is 5.69 Å². The van der Waals surface area contributed by atoms with Crippen LogP contribution in [0.5, 0.6) is 0 Å². The molecule has 0 amide bonds. The topological polar surface area (TPSA) is 71.8 Å². The van der Waals surface area contributed by atoms with Gasteiger partial charge in [-0.3, -0.25) is 0 Å². The van der Waals surface area contributed by atoms with E-state index in [4.69, 9.17) is 5.73 Å². The van der Waals surface area contributed by atoms with E-state index in [1.807, 2.05) is 24.3 Å². The summed E-state index contributed by atoms with van der Waals surface area (Å²) in [7, 11) is 0. The van der Waals surface area contributed by atoms with Gasteiger partial charge < -0.3 is 10.7 Å². The van der Waals surface area contributed by atoms with Crippen molar-refractivity contribution in [1.29, 1.82) is 0 Å². The Labute approximate surface area is 94.3 Å². The summed E-state index contributed by atoms with van der Waals surface area (Å²) in [6.45, 7) is 0. The van der Waals surface area contributed by atoms with Crippen LogP contribution in [0.15, 0.2) is 39.7 Å². The van der Waals surface area contributed by atoms with Crippen LogP contribution in [-0.2, 0) is 0 Å². The first-order valence-electron chi connectivity index (χ1n) is 4.28. The summed E-state index contributed by atoms with van der Waals surface area (Å²) in [6.07, 6.45) is 1.35. The molecule has 5 heteroatoms. The predicted molar refractivity (Wildman–Crippen MR) is 62.4 cm³/mol. The molecule has 0 aliphatic rings. The van der Waals surface area contributed by atoms with Gasteiger partial charge in [-0.05, 0) is 6.07 Å². The summed E-state index contributed by atoms with van der Waals surface area (Å²) < 4.78 is 0.874. The molecule has 0 saturated carbocycles. The fourth-order valence-corrected chi connectivity index (χ4v) is 1.77. The van der Waals surface area contributed by atoms with Crippen molar-refractivity contribution in [2.45, 2.75) is 0 Å². The third-order valence-corrected chi connectivity index (χ3v) is 2.68. The van der Waals surface area contributed by atoms with Gasteiger partial charge in [0.05, 0.1) is 17.6 Å². The lowest BCUT2D eigenvalue weighted by Crippen LogP contribution is -2.12. The van der Waals surface area contributed by atoms with Gasteiger partial charge in [0.15, 0.2) is 0 Å². The Bertz CT molecular complexity index is 550. The van der Waals surface area contributed by atoms with Gasteiger partial charge in [-0.15, -0.1) is 0 Å². The van der Waals surface area contributed by atoms with Crippen LogP contribution in [0.3, 0.4) is 0 Å². The van der Waals surface area contributed by atoms with Crippen LogP contribution in [0.4, 0.5) is 5.69 Å².